The van der Waals surface area contributed by atoms with Crippen LogP contribution in [-0.2, 0) is 0 Å². The standard InChI is InChI=1S/C18H30N4OS.HI/c1-19-18(20-10-13-24-3)21-14-16(22-11-6-7-12-22)15-8-4-5-9-17(15)23-2;/h4-5,8-9,16H,6-7,10-14H2,1-3H3,(H2,19,20,21);1H. The molecule has 0 radical (unpaired) electrons. The van der Waals surface area contributed by atoms with E-state index in [1.807, 2.05) is 30.9 Å². The van der Waals surface area contributed by atoms with Crippen LogP contribution in [-0.4, -0.2) is 63.2 Å². The lowest BCUT2D eigenvalue weighted by molar-refractivity contribution is 0.239. The van der Waals surface area contributed by atoms with Gasteiger partial charge < -0.3 is 15.4 Å². The number of nitrogens with one attached hydrogen (secondary N) is 2. The molecule has 1 aromatic carbocycles. The van der Waals surface area contributed by atoms with Gasteiger partial charge in [0.05, 0.1) is 13.2 Å². The second-order valence-electron chi connectivity index (χ2n) is 5.87. The van der Waals surface area contributed by atoms with Crippen LogP contribution >= 0.6 is 35.7 Å². The number of hydrogen-bond donors (Lipinski definition) is 2. The lowest BCUT2D eigenvalue weighted by Gasteiger charge is -2.30. The number of aliphatic imine (C=N–C) groups is 1. The first-order valence-electron chi connectivity index (χ1n) is 8.60. The summed E-state index contributed by atoms with van der Waals surface area (Å²) in [5.74, 6) is 2.90. The molecule has 1 saturated heterocycles. The van der Waals surface area contributed by atoms with Crippen LogP contribution in [0.3, 0.4) is 0 Å². The summed E-state index contributed by atoms with van der Waals surface area (Å²) < 4.78 is 5.60. The maximum Gasteiger partial charge on any atom is 0.191 e. The van der Waals surface area contributed by atoms with Crippen molar-refractivity contribution in [1.82, 2.24) is 15.5 Å². The van der Waals surface area contributed by atoms with Crippen LogP contribution in [0, 0.1) is 0 Å². The van der Waals surface area contributed by atoms with Crippen molar-refractivity contribution < 1.29 is 4.74 Å². The zero-order chi connectivity index (χ0) is 17.2. The maximum atomic E-state index is 5.60. The molecule has 25 heavy (non-hydrogen) atoms. The normalized spacial score (nSPS) is 16.2. The highest BCUT2D eigenvalue weighted by Crippen LogP contribution is 2.31. The van der Waals surface area contributed by atoms with Crippen molar-refractivity contribution in [3.63, 3.8) is 0 Å². The quantitative estimate of drug-likeness (QED) is 0.261. The maximum absolute atomic E-state index is 5.60. The highest BCUT2D eigenvalue weighted by Gasteiger charge is 2.25. The van der Waals surface area contributed by atoms with Gasteiger partial charge in [-0.05, 0) is 38.3 Å². The summed E-state index contributed by atoms with van der Waals surface area (Å²) in [6.07, 6.45) is 4.65. The number of thioether (sulfide) groups is 1. The molecule has 2 rings (SSSR count). The molecule has 1 unspecified atom stereocenters. The molecule has 1 aliphatic rings. The number of rotatable bonds is 8. The van der Waals surface area contributed by atoms with E-state index in [0.717, 1.165) is 43.6 Å². The summed E-state index contributed by atoms with van der Waals surface area (Å²) in [4.78, 5) is 6.87. The molecule has 0 amide bonds. The van der Waals surface area contributed by atoms with Crippen molar-refractivity contribution in [2.24, 2.45) is 4.99 Å². The number of benzene rings is 1. The molecule has 7 heteroatoms. The topological polar surface area (TPSA) is 48.9 Å². The highest BCUT2D eigenvalue weighted by atomic mass is 127. The molecule has 0 bridgehead atoms. The SMILES string of the molecule is CN=C(NCCSC)NCC(c1ccccc1OC)N1CCCC1.I. The smallest absolute Gasteiger partial charge is 0.191 e. The zero-order valence-electron chi connectivity index (χ0n) is 15.5. The first kappa shape index (κ1) is 22.4. The van der Waals surface area contributed by atoms with Gasteiger partial charge >= 0.3 is 0 Å². The van der Waals surface area contributed by atoms with Crippen molar-refractivity contribution in [3.05, 3.63) is 29.8 Å². The predicted octanol–water partition coefficient (Wildman–Crippen LogP) is 2.98. The van der Waals surface area contributed by atoms with E-state index in [-0.39, 0.29) is 24.0 Å². The van der Waals surface area contributed by atoms with Crippen LogP contribution in [0.5, 0.6) is 5.75 Å². The molecule has 1 fully saturated rings. The summed E-state index contributed by atoms with van der Waals surface area (Å²) in [5, 5.41) is 6.85. The lowest BCUT2D eigenvalue weighted by Crippen LogP contribution is -2.43. The average Bonchev–Trinajstić information content (AvgIpc) is 3.15. The van der Waals surface area contributed by atoms with Gasteiger partial charge in [0, 0.05) is 31.5 Å². The highest BCUT2D eigenvalue weighted by molar-refractivity contribution is 14.0. The Balaban J connectivity index is 0.00000312. The fraction of sp³-hybridized carbons (Fsp3) is 0.611. The Morgan fingerprint density at radius 1 is 1.28 bits per heavy atom. The predicted molar refractivity (Wildman–Crippen MR) is 120 cm³/mol. The summed E-state index contributed by atoms with van der Waals surface area (Å²) in [6, 6.07) is 8.63. The lowest BCUT2D eigenvalue weighted by atomic mass is 10.0. The summed E-state index contributed by atoms with van der Waals surface area (Å²) in [7, 11) is 3.57. The van der Waals surface area contributed by atoms with Gasteiger partial charge in [-0.15, -0.1) is 24.0 Å². The fourth-order valence-electron chi connectivity index (χ4n) is 3.12. The van der Waals surface area contributed by atoms with E-state index in [0.29, 0.717) is 6.04 Å². The molecule has 1 atom stereocenters. The van der Waals surface area contributed by atoms with E-state index in [4.69, 9.17) is 4.74 Å². The molecule has 1 aliphatic heterocycles. The second-order valence-corrected chi connectivity index (χ2v) is 6.86. The number of nitrogens with zero attached hydrogens (tertiary/aromatic N) is 2. The third-order valence-corrected chi connectivity index (χ3v) is 4.98. The second kappa shape index (κ2) is 12.6. The van der Waals surface area contributed by atoms with Gasteiger partial charge in [0.25, 0.3) is 0 Å². The molecule has 1 heterocycles. The van der Waals surface area contributed by atoms with E-state index >= 15 is 0 Å². The van der Waals surface area contributed by atoms with Crippen molar-refractivity contribution in [3.8, 4) is 5.75 Å². The number of methoxy groups -OCH3 is 1. The van der Waals surface area contributed by atoms with Gasteiger partial charge in [0.2, 0.25) is 0 Å². The Morgan fingerprint density at radius 3 is 2.64 bits per heavy atom. The Morgan fingerprint density at radius 2 is 2.00 bits per heavy atom. The first-order chi connectivity index (χ1) is 11.8. The molecule has 1 aromatic rings. The van der Waals surface area contributed by atoms with Crippen LogP contribution < -0.4 is 15.4 Å². The Kier molecular flexibility index (Phi) is 11.3. The van der Waals surface area contributed by atoms with Gasteiger partial charge in [-0.2, -0.15) is 11.8 Å². The number of hydrogen-bond acceptors (Lipinski definition) is 4. The van der Waals surface area contributed by atoms with Crippen molar-refractivity contribution >= 4 is 41.7 Å². The van der Waals surface area contributed by atoms with E-state index in [9.17, 15) is 0 Å². The number of guanidine groups is 1. The summed E-state index contributed by atoms with van der Waals surface area (Å²) >= 11 is 1.83. The molecule has 142 valence electrons. The first-order valence-corrected chi connectivity index (χ1v) is 10.00. The van der Waals surface area contributed by atoms with Gasteiger partial charge in [0.1, 0.15) is 5.75 Å². The zero-order valence-corrected chi connectivity index (χ0v) is 18.6. The molecule has 0 aromatic heterocycles. The van der Waals surface area contributed by atoms with Gasteiger partial charge in [0.15, 0.2) is 5.96 Å². The molecule has 0 spiro atoms. The van der Waals surface area contributed by atoms with Crippen molar-refractivity contribution in [2.75, 3.05) is 52.3 Å². The minimum atomic E-state index is 0. The van der Waals surface area contributed by atoms with Crippen LogP contribution in [0.15, 0.2) is 29.3 Å². The van der Waals surface area contributed by atoms with Crippen LogP contribution in [0.25, 0.3) is 0 Å². The van der Waals surface area contributed by atoms with Gasteiger partial charge in [-0.3, -0.25) is 9.89 Å². The monoisotopic (exact) mass is 478 g/mol. The Bertz CT molecular complexity index is 524. The van der Waals surface area contributed by atoms with E-state index in [2.05, 4.69) is 38.9 Å². The molecule has 0 saturated carbocycles. The largest absolute Gasteiger partial charge is 0.496 e. The summed E-state index contributed by atoms with van der Waals surface area (Å²) in [5.41, 5.74) is 1.24. The van der Waals surface area contributed by atoms with E-state index in [1.165, 1.54) is 18.4 Å². The number of ether oxygens (including phenoxy) is 1. The number of likely N-dealkylation sites (tertiary alicyclic amines) is 1. The van der Waals surface area contributed by atoms with Crippen LogP contribution in [0.1, 0.15) is 24.4 Å². The van der Waals surface area contributed by atoms with E-state index < -0.39 is 0 Å². The fourth-order valence-corrected chi connectivity index (χ4v) is 3.42. The minimum Gasteiger partial charge on any atom is -0.496 e. The van der Waals surface area contributed by atoms with Gasteiger partial charge in [-0.25, -0.2) is 0 Å². The van der Waals surface area contributed by atoms with E-state index in [1.54, 1.807) is 7.11 Å². The number of para-hydroxylation sites is 1. The van der Waals surface area contributed by atoms with Crippen molar-refractivity contribution in [1.29, 1.82) is 0 Å². The Hall–Kier alpha value is -0.670. The van der Waals surface area contributed by atoms with Crippen molar-refractivity contribution in [2.45, 2.75) is 18.9 Å². The molecule has 2 N–H and O–H groups in total. The number of halogens is 1. The Labute approximate surface area is 173 Å². The minimum absolute atomic E-state index is 0. The molecular formula is C18H31IN4OS. The molecule has 5 nitrogen and oxygen atoms in total. The molecule has 0 aliphatic carbocycles. The van der Waals surface area contributed by atoms with Gasteiger partial charge in [-0.1, -0.05) is 18.2 Å². The third kappa shape index (κ3) is 6.86. The van der Waals surface area contributed by atoms with Crippen LogP contribution in [0.4, 0.5) is 0 Å². The third-order valence-electron chi connectivity index (χ3n) is 4.36. The average molecular weight is 478 g/mol. The molecular weight excluding hydrogens is 447 g/mol. The van der Waals surface area contributed by atoms with Crippen LogP contribution in [0.2, 0.25) is 0 Å². The summed E-state index contributed by atoms with van der Waals surface area (Å²) in [6.45, 7) is 4.02.